The number of para-hydroxylation sites is 1. The molecule has 0 aliphatic carbocycles. The van der Waals surface area contributed by atoms with Crippen molar-refractivity contribution in [3.63, 3.8) is 0 Å². The smallest absolute Gasteiger partial charge is 0.340 e. The van der Waals surface area contributed by atoms with Crippen molar-refractivity contribution < 1.29 is 14.3 Å². The van der Waals surface area contributed by atoms with Crippen molar-refractivity contribution in [1.82, 2.24) is 9.88 Å². The van der Waals surface area contributed by atoms with Crippen LogP contribution in [0, 0.1) is 0 Å². The second-order valence-electron chi connectivity index (χ2n) is 6.96. The van der Waals surface area contributed by atoms with Gasteiger partial charge in [0.2, 0.25) is 0 Å². The van der Waals surface area contributed by atoms with Gasteiger partial charge in [0, 0.05) is 44.6 Å². The number of anilines is 2. The molecular formula is C22H28N4O3. The van der Waals surface area contributed by atoms with E-state index in [4.69, 9.17) is 4.74 Å². The first-order chi connectivity index (χ1) is 14.2. The monoisotopic (exact) mass is 396 g/mol. The maximum Gasteiger partial charge on any atom is 0.340 e. The van der Waals surface area contributed by atoms with E-state index in [1.165, 1.54) is 0 Å². The van der Waals surface area contributed by atoms with Gasteiger partial charge in [0.05, 0.1) is 5.56 Å². The van der Waals surface area contributed by atoms with Crippen LogP contribution in [0.4, 0.5) is 11.5 Å². The van der Waals surface area contributed by atoms with Crippen LogP contribution in [-0.4, -0.2) is 61.1 Å². The molecule has 0 saturated carbocycles. The number of amides is 1. The van der Waals surface area contributed by atoms with Crippen LogP contribution in [-0.2, 0) is 9.53 Å². The lowest BCUT2D eigenvalue weighted by molar-refractivity contribution is -0.134. The first-order valence-electron chi connectivity index (χ1n) is 10.1. The number of hydrogen-bond acceptors (Lipinski definition) is 6. The van der Waals surface area contributed by atoms with Crippen LogP contribution in [0.15, 0.2) is 48.7 Å². The normalized spacial score (nSPS) is 13.8. The molecule has 1 saturated heterocycles. The summed E-state index contributed by atoms with van der Waals surface area (Å²) in [5.41, 5.74) is 1.19. The molecule has 2 aromatic rings. The first-order valence-corrected chi connectivity index (χ1v) is 10.1. The van der Waals surface area contributed by atoms with Crippen LogP contribution in [0.5, 0.6) is 0 Å². The van der Waals surface area contributed by atoms with E-state index >= 15 is 0 Å². The zero-order chi connectivity index (χ0) is 20.5. The number of benzene rings is 1. The first kappa shape index (κ1) is 20.6. The maximum absolute atomic E-state index is 12.5. The summed E-state index contributed by atoms with van der Waals surface area (Å²) in [6.45, 7) is 5.25. The largest absolute Gasteiger partial charge is 0.452 e. The molecule has 7 heteroatoms. The van der Waals surface area contributed by atoms with Gasteiger partial charge in [-0.05, 0) is 30.7 Å². The molecule has 1 aromatic heterocycles. The molecule has 0 unspecified atom stereocenters. The van der Waals surface area contributed by atoms with E-state index in [0.29, 0.717) is 31.7 Å². The van der Waals surface area contributed by atoms with Gasteiger partial charge in [0.15, 0.2) is 6.61 Å². The minimum atomic E-state index is -0.481. The van der Waals surface area contributed by atoms with E-state index in [9.17, 15) is 9.59 Å². The van der Waals surface area contributed by atoms with Gasteiger partial charge < -0.3 is 19.9 Å². The Bertz CT molecular complexity index is 805. The summed E-state index contributed by atoms with van der Waals surface area (Å²) >= 11 is 0. The van der Waals surface area contributed by atoms with Crippen LogP contribution in [0.1, 0.15) is 30.1 Å². The summed E-state index contributed by atoms with van der Waals surface area (Å²) in [6, 6.07) is 13.0. The highest BCUT2D eigenvalue weighted by Crippen LogP contribution is 2.17. The minimum Gasteiger partial charge on any atom is -0.452 e. The highest BCUT2D eigenvalue weighted by Gasteiger charge is 2.23. The van der Waals surface area contributed by atoms with Crippen LogP contribution in [0.3, 0.4) is 0 Å². The number of ether oxygens (including phenoxy) is 1. The van der Waals surface area contributed by atoms with Crippen molar-refractivity contribution in [3.05, 3.63) is 54.2 Å². The van der Waals surface area contributed by atoms with Gasteiger partial charge in [-0.1, -0.05) is 31.5 Å². The maximum atomic E-state index is 12.5. The van der Waals surface area contributed by atoms with Crippen LogP contribution >= 0.6 is 0 Å². The summed E-state index contributed by atoms with van der Waals surface area (Å²) in [6.07, 6.45) is 3.86. The molecule has 0 bridgehead atoms. The number of nitrogens with one attached hydrogen (secondary N) is 1. The van der Waals surface area contributed by atoms with Crippen LogP contribution < -0.4 is 10.2 Å². The quantitative estimate of drug-likeness (QED) is 0.546. The van der Waals surface area contributed by atoms with E-state index in [1.54, 1.807) is 23.2 Å². The molecule has 3 rings (SSSR count). The number of nitrogens with zero attached hydrogens (tertiary/aromatic N) is 3. The third kappa shape index (κ3) is 5.70. The van der Waals surface area contributed by atoms with Crippen LogP contribution in [0.25, 0.3) is 0 Å². The van der Waals surface area contributed by atoms with Gasteiger partial charge in [-0.2, -0.15) is 0 Å². The van der Waals surface area contributed by atoms with Gasteiger partial charge in [-0.15, -0.1) is 0 Å². The second-order valence-corrected chi connectivity index (χ2v) is 6.96. The molecule has 1 N–H and O–H groups in total. The topological polar surface area (TPSA) is 74.8 Å². The molecule has 1 fully saturated rings. The Kier molecular flexibility index (Phi) is 7.44. The fourth-order valence-corrected chi connectivity index (χ4v) is 3.24. The lowest BCUT2D eigenvalue weighted by atomic mass is 10.1. The Morgan fingerprint density at radius 1 is 1.07 bits per heavy atom. The summed E-state index contributed by atoms with van der Waals surface area (Å²) < 4.78 is 5.31. The molecule has 1 aromatic carbocycles. The van der Waals surface area contributed by atoms with E-state index in [-0.39, 0.29) is 12.5 Å². The summed E-state index contributed by atoms with van der Waals surface area (Å²) in [5, 5.41) is 3.26. The van der Waals surface area contributed by atoms with E-state index in [0.717, 1.165) is 30.9 Å². The predicted molar refractivity (Wildman–Crippen MR) is 113 cm³/mol. The number of unbranched alkanes of at least 4 members (excludes halogenated alkanes) is 1. The van der Waals surface area contributed by atoms with Crippen LogP contribution in [0.2, 0.25) is 0 Å². The lowest BCUT2D eigenvalue weighted by Crippen LogP contribution is -2.50. The van der Waals surface area contributed by atoms with Gasteiger partial charge in [0.25, 0.3) is 5.91 Å². The number of pyridine rings is 1. The van der Waals surface area contributed by atoms with Crippen molar-refractivity contribution in [2.45, 2.75) is 19.8 Å². The Labute approximate surface area is 171 Å². The average Bonchev–Trinajstić information content (AvgIpc) is 2.78. The third-order valence-electron chi connectivity index (χ3n) is 4.93. The summed E-state index contributed by atoms with van der Waals surface area (Å²) in [4.78, 5) is 33.2. The molecule has 1 aliphatic rings. The third-order valence-corrected chi connectivity index (χ3v) is 4.93. The molecule has 7 nitrogen and oxygen atoms in total. The van der Waals surface area contributed by atoms with Gasteiger partial charge >= 0.3 is 5.97 Å². The zero-order valence-corrected chi connectivity index (χ0v) is 16.8. The van der Waals surface area contributed by atoms with Crippen molar-refractivity contribution in [2.24, 2.45) is 0 Å². The predicted octanol–water partition coefficient (Wildman–Crippen LogP) is 2.80. The highest BCUT2D eigenvalue weighted by molar-refractivity contribution is 5.96. The molecule has 2 heterocycles. The SMILES string of the molecule is CCCCNc1ccccc1C(=O)OCC(=O)N1CCN(c2ccccn2)CC1. The number of aromatic nitrogens is 1. The molecule has 29 heavy (non-hydrogen) atoms. The number of rotatable bonds is 8. The molecule has 1 amide bonds. The Morgan fingerprint density at radius 2 is 1.83 bits per heavy atom. The summed E-state index contributed by atoms with van der Waals surface area (Å²) in [5.74, 6) is 0.263. The standard InChI is InChI=1S/C22H28N4O3/c1-2-3-11-23-19-9-5-4-8-18(19)22(28)29-17-21(27)26-15-13-25(14-16-26)20-10-6-7-12-24-20/h4-10,12,23H,2-3,11,13-17H2,1H3. The van der Waals surface area contributed by atoms with Crippen molar-refractivity contribution in [2.75, 3.05) is 49.5 Å². The molecule has 0 atom stereocenters. The van der Waals surface area contributed by atoms with E-state index < -0.39 is 5.97 Å². The fraction of sp³-hybridized carbons (Fsp3) is 0.409. The molecule has 1 aliphatic heterocycles. The average molecular weight is 396 g/mol. The highest BCUT2D eigenvalue weighted by atomic mass is 16.5. The number of carbonyl (C=O) groups is 2. The van der Waals surface area contributed by atoms with Gasteiger partial charge in [-0.3, -0.25) is 4.79 Å². The minimum absolute atomic E-state index is 0.171. The molecular weight excluding hydrogens is 368 g/mol. The summed E-state index contributed by atoms with van der Waals surface area (Å²) in [7, 11) is 0. The van der Waals surface area contributed by atoms with Gasteiger partial charge in [-0.25, -0.2) is 9.78 Å². The Balaban J connectivity index is 1.48. The number of carbonyl (C=O) groups excluding carboxylic acids is 2. The zero-order valence-electron chi connectivity index (χ0n) is 16.8. The molecule has 0 radical (unpaired) electrons. The van der Waals surface area contributed by atoms with Crippen molar-refractivity contribution in [3.8, 4) is 0 Å². The van der Waals surface area contributed by atoms with E-state index in [1.807, 2.05) is 30.3 Å². The second kappa shape index (κ2) is 10.5. The lowest BCUT2D eigenvalue weighted by Gasteiger charge is -2.35. The van der Waals surface area contributed by atoms with Gasteiger partial charge in [0.1, 0.15) is 5.82 Å². The number of esters is 1. The van der Waals surface area contributed by atoms with Crippen molar-refractivity contribution in [1.29, 1.82) is 0 Å². The Hall–Kier alpha value is -3.09. The Morgan fingerprint density at radius 3 is 2.55 bits per heavy atom. The number of hydrogen-bond donors (Lipinski definition) is 1. The molecule has 154 valence electrons. The molecule has 0 spiro atoms. The fourth-order valence-electron chi connectivity index (χ4n) is 3.24. The number of piperazine rings is 1. The van der Waals surface area contributed by atoms with Crippen molar-refractivity contribution >= 4 is 23.4 Å². The van der Waals surface area contributed by atoms with E-state index in [2.05, 4.69) is 22.1 Å².